The molecule has 194 valence electrons. The van der Waals surface area contributed by atoms with Gasteiger partial charge in [-0.25, -0.2) is 9.49 Å². The monoisotopic (exact) mass is 517 g/mol. The van der Waals surface area contributed by atoms with Gasteiger partial charge in [0, 0.05) is 23.9 Å². The van der Waals surface area contributed by atoms with Crippen molar-refractivity contribution in [2.24, 2.45) is 0 Å². The van der Waals surface area contributed by atoms with E-state index in [1.54, 1.807) is 49.3 Å². The summed E-state index contributed by atoms with van der Waals surface area (Å²) in [5.74, 6) is -1.78. The van der Waals surface area contributed by atoms with Crippen LogP contribution in [0, 0.1) is 5.82 Å². The number of hydrogen-bond acceptors (Lipinski definition) is 7. The molecule has 1 aliphatic rings. The second-order valence-corrected chi connectivity index (χ2v) is 9.13. The fourth-order valence-electron chi connectivity index (χ4n) is 4.65. The maximum absolute atomic E-state index is 14.9. The molecule has 0 spiro atoms. The molecule has 2 aromatic heterocycles. The zero-order chi connectivity index (χ0) is 26.5. The molecule has 0 aliphatic carbocycles. The first-order chi connectivity index (χ1) is 17.5. The maximum atomic E-state index is 14.9. The standard InChI is InChI=1S/C24H23F4N7O2/c1-33(2)20-12-34(11-19-30-32-23(35(19)20)24(26,27)28)22(37)16-9-13(7-8-17(16)25)10-18-14-5-3-4-6-15(14)21(36)31-29-18/h3-9,20,22,37H,10-12H2,1-2H3,(H,31,36). The van der Waals surface area contributed by atoms with Gasteiger partial charge in [0.15, 0.2) is 0 Å². The second kappa shape index (κ2) is 9.32. The Labute approximate surface area is 208 Å². The molecule has 13 heteroatoms. The summed E-state index contributed by atoms with van der Waals surface area (Å²) in [6.07, 6.45) is -6.74. The smallest absolute Gasteiger partial charge is 0.374 e. The third kappa shape index (κ3) is 4.61. The molecule has 4 aromatic rings. The first-order valence-electron chi connectivity index (χ1n) is 11.4. The average Bonchev–Trinajstić information content (AvgIpc) is 3.31. The number of halogens is 4. The average molecular weight is 517 g/mol. The fraction of sp³-hybridized carbons (Fsp3) is 0.333. The van der Waals surface area contributed by atoms with E-state index in [4.69, 9.17) is 0 Å². The number of aromatic amines is 1. The minimum atomic E-state index is -4.69. The van der Waals surface area contributed by atoms with Gasteiger partial charge >= 0.3 is 6.18 Å². The number of likely N-dealkylation sites (N-methyl/N-ethyl adjacent to an activating group) is 1. The van der Waals surface area contributed by atoms with E-state index < -0.39 is 30.2 Å². The topological polar surface area (TPSA) is 103 Å². The summed E-state index contributed by atoms with van der Waals surface area (Å²) in [7, 11) is 3.21. The van der Waals surface area contributed by atoms with Crippen LogP contribution in [0.5, 0.6) is 0 Å². The van der Waals surface area contributed by atoms with Crippen LogP contribution in [0.3, 0.4) is 0 Å². The summed E-state index contributed by atoms with van der Waals surface area (Å²) in [4.78, 5) is 15.1. The lowest BCUT2D eigenvalue weighted by Gasteiger charge is -2.39. The van der Waals surface area contributed by atoms with Gasteiger partial charge in [0.1, 0.15) is 24.0 Å². The molecule has 0 saturated carbocycles. The van der Waals surface area contributed by atoms with E-state index in [0.717, 1.165) is 4.57 Å². The molecule has 0 radical (unpaired) electrons. The molecular weight excluding hydrogens is 494 g/mol. The molecule has 0 fully saturated rings. The zero-order valence-electron chi connectivity index (χ0n) is 19.9. The zero-order valence-corrected chi connectivity index (χ0v) is 19.9. The highest BCUT2D eigenvalue weighted by molar-refractivity contribution is 5.83. The van der Waals surface area contributed by atoms with Crippen LogP contribution in [-0.4, -0.2) is 60.5 Å². The van der Waals surface area contributed by atoms with E-state index in [-0.39, 0.29) is 36.5 Å². The minimum Gasteiger partial charge on any atom is -0.374 e. The van der Waals surface area contributed by atoms with Gasteiger partial charge in [0.25, 0.3) is 5.56 Å². The number of fused-ring (bicyclic) bond motifs is 2. The number of aromatic nitrogens is 5. The minimum absolute atomic E-state index is 0.0109. The van der Waals surface area contributed by atoms with E-state index in [2.05, 4.69) is 20.4 Å². The summed E-state index contributed by atoms with van der Waals surface area (Å²) >= 11 is 0. The van der Waals surface area contributed by atoms with Crippen molar-refractivity contribution >= 4 is 10.8 Å². The number of alkyl halides is 3. The van der Waals surface area contributed by atoms with E-state index in [0.29, 0.717) is 22.0 Å². The molecule has 37 heavy (non-hydrogen) atoms. The van der Waals surface area contributed by atoms with Crippen molar-refractivity contribution < 1.29 is 22.7 Å². The number of benzene rings is 2. The molecule has 5 rings (SSSR count). The van der Waals surface area contributed by atoms with Crippen LogP contribution in [-0.2, 0) is 19.1 Å². The molecule has 2 atom stereocenters. The van der Waals surface area contributed by atoms with E-state index in [1.807, 2.05) is 0 Å². The van der Waals surface area contributed by atoms with Crippen LogP contribution in [0.1, 0.15) is 40.9 Å². The molecule has 3 heterocycles. The first kappa shape index (κ1) is 25.0. The number of nitrogens with zero attached hydrogens (tertiary/aromatic N) is 6. The second-order valence-electron chi connectivity index (χ2n) is 9.13. The Bertz CT molecular complexity index is 1520. The van der Waals surface area contributed by atoms with Gasteiger partial charge in [-0.3, -0.25) is 19.2 Å². The largest absolute Gasteiger partial charge is 0.451 e. The lowest BCUT2D eigenvalue weighted by Crippen LogP contribution is -2.46. The number of nitrogens with one attached hydrogen (secondary N) is 1. The summed E-state index contributed by atoms with van der Waals surface area (Å²) in [6.45, 7) is -0.192. The quantitative estimate of drug-likeness (QED) is 0.393. The fourth-order valence-corrected chi connectivity index (χ4v) is 4.65. The Morgan fingerprint density at radius 2 is 1.89 bits per heavy atom. The van der Waals surface area contributed by atoms with Crippen molar-refractivity contribution in [3.63, 3.8) is 0 Å². The Morgan fingerprint density at radius 1 is 1.16 bits per heavy atom. The lowest BCUT2D eigenvalue weighted by molar-refractivity contribution is -0.151. The molecule has 9 nitrogen and oxygen atoms in total. The normalized spacial score (nSPS) is 17.4. The summed E-state index contributed by atoms with van der Waals surface area (Å²) in [5.41, 5.74) is 0.842. The van der Waals surface area contributed by atoms with Crippen molar-refractivity contribution in [3.05, 3.63) is 87.1 Å². The third-order valence-corrected chi connectivity index (χ3v) is 6.49. The van der Waals surface area contributed by atoms with Crippen LogP contribution >= 0.6 is 0 Å². The molecule has 0 bridgehead atoms. The number of rotatable bonds is 5. The van der Waals surface area contributed by atoms with Crippen molar-refractivity contribution in [1.82, 2.24) is 34.8 Å². The first-order valence-corrected chi connectivity index (χ1v) is 11.4. The highest BCUT2D eigenvalue weighted by Crippen LogP contribution is 2.36. The SMILES string of the molecule is CN(C)C1CN(C(O)c2cc(Cc3n[nH]c(=O)c4ccccc34)ccc2F)Cc2nnc(C(F)(F)F)n21. The lowest BCUT2D eigenvalue weighted by atomic mass is 10.0. The predicted octanol–water partition coefficient (Wildman–Crippen LogP) is 2.83. The molecule has 2 N–H and O–H groups in total. The Morgan fingerprint density at radius 3 is 2.59 bits per heavy atom. The van der Waals surface area contributed by atoms with Crippen molar-refractivity contribution in [3.8, 4) is 0 Å². The van der Waals surface area contributed by atoms with Crippen LogP contribution < -0.4 is 5.56 Å². The Hall–Kier alpha value is -3.68. The maximum Gasteiger partial charge on any atom is 0.451 e. The van der Waals surface area contributed by atoms with Crippen molar-refractivity contribution in [2.45, 2.75) is 31.5 Å². The summed E-state index contributed by atoms with van der Waals surface area (Å²) in [5, 5.41) is 25.9. The number of aliphatic hydroxyl groups excluding tert-OH is 1. The van der Waals surface area contributed by atoms with Crippen LogP contribution in [0.25, 0.3) is 10.8 Å². The Kier molecular flexibility index (Phi) is 6.30. The molecule has 2 aromatic carbocycles. The van der Waals surface area contributed by atoms with E-state index in [9.17, 15) is 27.5 Å². The number of H-pyrrole nitrogens is 1. The summed E-state index contributed by atoms with van der Waals surface area (Å²) in [6, 6.07) is 11.2. The van der Waals surface area contributed by atoms with E-state index in [1.165, 1.54) is 17.0 Å². The van der Waals surface area contributed by atoms with Gasteiger partial charge in [-0.15, -0.1) is 10.2 Å². The highest BCUT2D eigenvalue weighted by Gasteiger charge is 2.43. The third-order valence-electron chi connectivity index (χ3n) is 6.49. The Balaban J connectivity index is 1.46. The number of hydrogen-bond donors (Lipinski definition) is 2. The van der Waals surface area contributed by atoms with Gasteiger partial charge in [-0.1, -0.05) is 24.3 Å². The molecule has 0 saturated heterocycles. The number of aliphatic hydroxyl groups is 1. The van der Waals surface area contributed by atoms with Crippen molar-refractivity contribution in [2.75, 3.05) is 20.6 Å². The van der Waals surface area contributed by atoms with Crippen molar-refractivity contribution in [1.29, 1.82) is 0 Å². The summed E-state index contributed by atoms with van der Waals surface area (Å²) < 4.78 is 56.3. The van der Waals surface area contributed by atoms with Gasteiger partial charge < -0.3 is 5.11 Å². The molecular formula is C24H23F4N7O2. The van der Waals surface area contributed by atoms with Gasteiger partial charge in [0.05, 0.1) is 17.6 Å². The van der Waals surface area contributed by atoms with Crippen LogP contribution in [0.4, 0.5) is 17.6 Å². The van der Waals surface area contributed by atoms with Crippen LogP contribution in [0.2, 0.25) is 0 Å². The van der Waals surface area contributed by atoms with Gasteiger partial charge in [0.2, 0.25) is 5.82 Å². The molecule has 1 aliphatic heterocycles. The molecule has 0 amide bonds. The molecule has 2 unspecified atom stereocenters. The van der Waals surface area contributed by atoms with E-state index >= 15 is 0 Å². The highest BCUT2D eigenvalue weighted by atomic mass is 19.4. The van der Waals surface area contributed by atoms with Crippen LogP contribution in [0.15, 0.2) is 47.3 Å². The van der Waals surface area contributed by atoms with Gasteiger partial charge in [-0.2, -0.15) is 18.3 Å². The predicted molar refractivity (Wildman–Crippen MR) is 125 cm³/mol. The van der Waals surface area contributed by atoms with Gasteiger partial charge in [-0.05, 0) is 37.9 Å².